The Labute approximate surface area is 108 Å². The molecule has 1 aromatic carbocycles. The van der Waals surface area contributed by atoms with Gasteiger partial charge in [0.1, 0.15) is 10.6 Å². The standard InChI is InChI=1S/C14H10N2OS/c15-12-9-5-1-2-7-11(9)18-14(12)13(17)10-6-3-4-8-16-10/h1-8H,15H2. The molecule has 0 unspecified atom stereocenters. The number of rotatable bonds is 2. The van der Waals surface area contributed by atoms with Crippen molar-refractivity contribution < 1.29 is 4.79 Å². The highest BCUT2D eigenvalue weighted by atomic mass is 32.1. The second kappa shape index (κ2) is 4.23. The molecule has 88 valence electrons. The van der Waals surface area contributed by atoms with Crippen LogP contribution in [0.1, 0.15) is 15.4 Å². The molecule has 0 fully saturated rings. The van der Waals surface area contributed by atoms with Crippen LogP contribution < -0.4 is 5.73 Å². The first-order chi connectivity index (χ1) is 8.77. The Bertz CT molecular complexity index is 719. The van der Waals surface area contributed by atoms with Crippen molar-refractivity contribution in [2.24, 2.45) is 0 Å². The average Bonchev–Trinajstić information content (AvgIpc) is 2.77. The van der Waals surface area contributed by atoms with Crippen LogP contribution in [0.25, 0.3) is 10.1 Å². The quantitative estimate of drug-likeness (QED) is 0.715. The summed E-state index contributed by atoms with van der Waals surface area (Å²) in [6, 6.07) is 13.0. The van der Waals surface area contributed by atoms with Crippen LogP contribution in [0, 0.1) is 0 Å². The van der Waals surface area contributed by atoms with Crippen LogP contribution in [0.15, 0.2) is 48.7 Å². The van der Waals surface area contributed by atoms with E-state index in [-0.39, 0.29) is 5.78 Å². The van der Waals surface area contributed by atoms with E-state index in [0.29, 0.717) is 16.3 Å². The predicted octanol–water partition coefficient (Wildman–Crippen LogP) is 3.11. The van der Waals surface area contributed by atoms with Gasteiger partial charge in [0.05, 0.1) is 5.69 Å². The minimum Gasteiger partial charge on any atom is -0.397 e. The fourth-order valence-electron chi connectivity index (χ4n) is 1.85. The van der Waals surface area contributed by atoms with Crippen molar-refractivity contribution in [3.63, 3.8) is 0 Å². The largest absolute Gasteiger partial charge is 0.397 e. The van der Waals surface area contributed by atoms with E-state index in [1.54, 1.807) is 24.4 Å². The summed E-state index contributed by atoms with van der Waals surface area (Å²) in [4.78, 5) is 16.9. The highest BCUT2D eigenvalue weighted by molar-refractivity contribution is 7.21. The molecule has 0 spiro atoms. The highest BCUT2D eigenvalue weighted by Gasteiger charge is 2.18. The molecule has 4 heteroatoms. The van der Waals surface area contributed by atoms with Gasteiger partial charge in [-0.2, -0.15) is 0 Å². The van der Waals surface area contributed by atoms with E-state index >= 15 is 0 Å². The van der Waals surface area contributed by atoms with Gasteiger partial charge in [0, 0.05) is 16.3 Å². The molecule has 0 aliphatic heterocycles. The van der Waals surface area contributed by atoms with Crippen molar-refractivity contribution >= 4 is 32.9 Å². The molecule has 3 nitrogen and oxygen atoms in total. The Morgan fingerprint density at radius 1 is 1.11 bits per heavy atom. The first kappa shape index (κ1) is 10.9. The lowest BCUT2D eigenvalue weighted by atomic mass is 10.1. The van der Waals surface area contributed by atoms with Crippen LogP contribution in [0.2, 0.25) is 0 Å². The van der Waals surface area contributed by atoms with Crippen LogP contribution in [0.4, 0.5) is 5.69 Å². The summed E-state index contributed by atoms with van der Waals surface area (Å²) >= 11 is 1.41. The molecular formula is C14H10N2OS. The Morgan fingerprint density at radius 2 is 1.89 bits per heavy atom. The summed E-state index contributed by atoms with van der Waals surface area (Å²) in [7, 11) is 0. The van der Waals surface area contributed by atoms with Crippen LogP contribution >= 0.6 is 11.3 Å². The number of fused-ring (bicyclic) bond motifs is 1. The van der Waals surface area contributed by atoms with Crippen molar-refractivity contribution in [3.8, 4) is 0 Å². The van der Waals surface area contributed by atoms with E-state index in [1.807, 2.05) is 24.3 Å². The van der Waals surface area contributed by atoms with Crippen LogP contribution in [-0.2, 0) is 0 Å². The Hall–Kier alpha value is -2.20. The van der Waals surface area contributed by atoms with Gasteiger partial charge in [-0.3, -0.25) is 9.78 Å². The SMILES string of the molecule is Nc1c(C(=O)c2ccccn2)sc2ccccc12. The average molecular weight is 254 g/mol. The monoisotopic (exact) mass is 254 g/mol. The molecule has 3 aromatic rings. The topological polar surface area (TPSA) is 56.0 Å². The third kappa shape index (κ3) is 1.67. The van der Waals surface area contributed by atoms with E-state index in [2.05, 4.69) is 4.98 Å². The number of aromatic nitrogens is 1. The molecule has 0 aliphatic rings. The van der Waals surface area contributed by atoms with Crippen molar-refractivity contribution in [1.29, 1.82) is 0 Å². The van der Waals surface area contributed by atoms with Gasteiger partial charge in [-0.1, -0.05) is 24.3 Å². The predicted molar refractivity (Wildman–Crippen MR) is 73.9 cm³/mol. The normalized spacial score (nSPS) is 10.7. The summed E-state index contributed by atoms with van der Waals surface area (Å²) in [5.41, 5.74) is 7.01. The number of nitrogens with zero attached hydrogens (tertiary/aromatic N) is 1. The third-order valence-electron chi connectivity index (χ3n) is 2.74. The van der Waals surface area contributed by atoms with E-state index in [0.717, 1.165) is 10.1 Å². The number of nitrogen functional groups attached to an aromatic ring is 1. The molecule has 18 heavy (non-hydrogen) atoms. The molecule has 3 rings (SSSR count). The van der Waals surface area contributed by atoms with Crippen LogP contribution in [0.3, 0.4) is 0 Å². The molecule has 0 amide bonds. The van der Waals surface area contributed by atoms with Gasteiger partial charge in [0.15, 0.2) is 0 Å². The summed E-state index contributed by atoms with van der Waals surface area (Å²) < 4.78 is 1.02. The second-order valence-electron chi connectivity index (χ2n) is 3.89. The van der Waals surface area contributed by atoms with Gasteiger partial charge in [-0.15, -0.1) is 11.3 Å². The zero-order valence-electron chi connectivity index (χ0n) is 9.46. The van der Waals surface area contributed by atoms with Crippen LogP contribution in [0.5, 0.6) is 0 Å². The van der Waals surface area contributed by atoms with Crippen molar-refractivity contribution in [2.75, 3.05) is 5.73 Å². The van der Waals surface area contributed by atoms with Gasteiger partial charge in [-0.05, 0) is 18.2 Å². The lowest BCUT2D eigenvalue weighted by molar-refractivity contribution is 0.103. The molecule has 0 saturated carbocycles. The van der Waals surface area contributed by atoms with Gasteiger partial charge in [-0.25, -0.2) is 0 Å². The molecule has 0 radical (unpaired) electrons. The number of ketones is 1. The number of carbonyl (C=O) groups is 1. The maximum atomic E-state index is 12.3. The maximum Gasteiger partial charge on any atom is 0.223 e. The number of thiophene rings is 1. The first-order valence-corrected chi connectivity index (χ1v) is 6.32. The van der Waals surface area contributed by atoms with Crippen LogP contribution in [-0.4, -0.2) is 10.8 Å². The number of anilines is 1. The van der Waals surface area contributed by atoms with E-state index in [1.165, 1.54) is 11.3 Å². The number of benzene rings is 1. The number of carbonyl (C=O) groups excluding carboxylic acids is 1. The maximum absolute atomic E-state index is 12.3. The molecule has 2 heterocycles. The Morgan fingerprint density at radius 3 is 2.61 bits per heavy atom. The molecule has 2 N–H and O–H groups in total. The fourth-order valence-corrected chi connectivity index (χ4v) is 2.92. The summed E-state index contributed by atoms with van der Waals surface area (Å²) in [6.07, 6.45) is 1.61. The fraction of sp³-hybridized carbons (Fsp3) is 0. The number of nitrogens with two attached hydrogens (primary N) is 1. The van der Waals surface area contributed by atoms with Crippen molar-refractivity contribution in [2.45, 2.75) is 0 Å². The highest BCUT2D eigenvalue weighted by Crippen LogP contribution is 2.34. The molecule has 0 aliphatic carbocycles. The number of hydrogen-bond donors (Lipinski definition) is 1. The molecular weight excluding hydrogens is 244 g/mol. The molecule has 0 bridgehead atoms. The van der Waals surface area contributed by atoms with Gasteiger partial charge in [0.25, 0.3) is 0 Å². The van der Waals surface area contributed by atoms with Gasteiger partial charge < -0.3 is 5.73 Å². The van der Waals surface area contributed by atoms with Gasteiger partial charge in [0.2, 0.25) is 5.78 Å². The van der Waals surface area contributed by atoms with Crippen molar-refractivity contribution in [3.05, 3.63) is 59.2 Å². The third-order valence-corrected chi connectivity index (χ3v) is 3.92. The minimum atomic E-state index is -0.116. The summed E-state index contributed by atoms with van der Waals surface area (Å²) in [5, 5.41) is 0.932. The lowest BCUT2D eigenvalue weighted by Crippen LogP contribution is -2.03. The van der Waals surface area contributed by atoms with E-state index in [4.69, 9.17) is 5.73 Å². The summed E-state index contributed by atoms with van der Waals surface area (Å²) in [5.74, 6) is -0.116. The summed E-state index contributed by atoms with van der Waals surface area (Å²) in [6.45, 7) is 0. The van der Waals surface area contributed by atoms with E-state index < -0.39 is 0 Å². The lowest BCUT2D eigenvalue weighted by Gasteiger charge is -1.98. The Balaban J connectivity index is 2.15. The van der Waals surface area contributed by atoms with Crippen molar-refractivity contribution in [1.82, 2.24) is 4.98 Å². The van der Waals surface area contributed by atoms with E-state index in [9.17, 15) is 4.79 Å². The molecule has 0 atom stereocenters. The first-order valence-electron chi connectivity index (χ1n) is 5.50. The number of hydrogen-bond acceptors (Lipinski definition) is 4. The van der Waals surface area contributed by atoms with Gasteiger partial charge >= 0.3 is 0 Å². The minimum absolute atomic E-state index is 0.116. The number of pyridine rings is 1. The molecule has 0 saturated heterocycles. The molecule has 2 aromatic heterocycles. The second-order valence-corrected chi connectivity index (χ2v) is 4.94. The smallest absolute Gasteiger partial charge is 0.223 e. The Kier molecular flexibility index (Phi) is 2.57. The zero-order chi connectivity index (χ0) is 12.5. The zero-order valence-corrected chi connectivity index (χ0v) is 10.3.